The molecule has 0 saturated heterocycles. The molecule has 1 heterocycles. The van der Waals surface area contributed by atoms with Crippen molar-refractivity contribution in [3.63, 3.8) is 0 Å². The predicted molar refractivity (Wildman–Crippen MR) is 102 cm³/mol. The number of amides is 1. The first-order chi connectivity index (χ1) is 13.2. The van der Waals surface area contributed by atoms with Crippen molar-refractivity contribution in [2.45, 2.75) is 13.1 Å². The number of fused-ring (bicyclic) bond motifs is 1. The van der Waals surface area contributed by atoms with Crippen molar-refractivity contribution < 1.29 is 19.0 Å². The lowest BCUT2D eigenvalue weighted by Crippen LogP contribution is -2.25. The topological polar surface area (TPSA) is 74.6 Å². The van der Waals surface area contributed by atoms with Crippen LogP contribution < -0.4 is 14.8 Å². The molecule has 0 aliphatic rings. The Morgan fingerprint density at radius 1 is 1.07 bits per heavy atom. The van der Waals surface area contributed by atoms with Gasteiger partial charge in [0.05, 0.1) is 38.4 Å². The number of benzene rings is 2. The number of methoxy groups -OCH3 is 3. The first-order valence-electron chi connectivity index (χ1n) is 8.61. The van der Waals surface area contributed by atoms with Crippen molar-refractivity contribution in [2.24, 2.45) is 0 Å². The van der Waals surface area contributed by atoms with Gasteiger partial charge in [0.2, 0.25) is 0 Å². The van der Waals surface area contributed by atoms with Crippen LogP contribution in [0.15, 0.2) is 42.5 Å². The van der Waals surface area contributed by atoms with E-state index >= 15 is 0 Å². The molecule has 3 rings (SSSR count). The van der Waals surface area contributed by atoms with Gasteiger partial charge in [-0.2, -0.15) is 0 Å². The van der Waals surface area contributed by atoms with Gasteiger partial charge in [0, 0.05) is 19.2 Å². The summed E-state index contributed by atoms with van der Waals surface area (Å²) in [6.45, 7) is 1.54. The summed E-state index contributed by atoms with van der Waals surface area (Å²) in [6.07, 6.45) is 0. The minimum absolute atomic E-state index is 0.207. The van der Waals surface area contributed by atoms with Crippen LogP contribution in [0.25, 0.3) is 11.0 Å². The van der Waals surface area contributed by atoms with E-state index in [0.717, 1.165) is 16.9 Å². The molecule has 1 aromatic heterocycles. The summed E-state index contributed by atoms with van der Waals surface area (Å²) in [5.41, 5.74) is 2.40. The molecule has 0 atom stereocenters. The molecule has 0 saturated carbocycles. The third kappa shape index (κ3) is 4.03. The number of nitrogens with zero attached hydrogens (tertiary/aromatic N) is 2. The van der Waals surface area contributed by atoms with Gasteiger partial charge in [-0.05, 0) is 30.3 Å². The Labute approximate surface area is 157 Å². The number of ether oxygens (including phenoxy) is 3. The molecule has 0 fully saturated rings. The summed E-state index contributed by atoms with van der Waals surface area (Å²) in [5, 5.41) is 2.92. The fraction of sp³-hybridized carbons (Fsp3) is 0.300. The fourth-order valence-electron chi connectivity index (χ4n) is 2.93. The first-order valence-corrected chi connectivity index (χ1v) is 8.61. The maximum absolute atomic E-state index is 12.6. The van der Waals surface area contributed by atoms with Gasteiger partial charge < -0.3 is 24.1 Å². The van der Waals surface area contributed by atoms with Crippen LogP contribution >= 0.6 is 0 Å². The Morgan fingerprint density at radius 3 is 2.59 bits per heavy atom. The summed E-state index contributed by atoms with van der Waals surface area (Å²) < 4.78 is 17.7. The molecule has 2 aromatic carbocycles. The van der Waals surface area contributed by atoms with Crippen LogP contribution in [0.5, 0.6) is 11.5 Å². The second-order valence-corrected chi connectivity index (χ2v) is 5.91. The number of hydrogen-bond acceptors (Lipinski definition) is 5. The average Bonchev–Trinajstić information content (AvgIpc) is 3.07. The Balaban J connectivity index is 1.79. The normalized spacial score (nSPS) is 10.8. The molecule has 0 aliphatic carbocycles. The number of rotatable bonds is 8. The number of carbonyl (C=O) groups is 1. The summed E-state index contributed by atoms with van der Waals surface area (Å²) in [7, 11) is 4.76. The summed E-state index contributed by atoms with van der Waals surface area (Å²) in [4.78, 5) is 17.2. The largest absolute Gasteiger partial charge is 0.493 e. The number of carbonyl (C=O) groups excluding carboxylic acids is 1. The van der Waals surface area contributed by atoms with Crippen LogP contribution in [0.4, 0.5) is 0 Å². The van der Waals surface area contributed by atoms with E-state index < -0.39 is 0 Å². The highest BCUT2D eigenvalue weighted by Gasteiger charge is 2.14. The first kappa shape index (κ1) is 18.7. The molecule has 0 spiro atoms. The molecule has 1 amide bonds. The smallest absolute Gasteiger partial charge is 0.251 e. The number of aromatic nitrogens is 2. The van der Waals surface area contributed by atoms with Gasteiger partial charge in [0.15, 0.2) is 11.5 Å². The molecule has 142 valence electrons. The van der Waals surface area contributed by atoms with Crippen LogP contribution in [0, 0.1) is 0 Å². The van der Waals surface area contributed by atoms with Crippen LogP contribution in [-0.2, 0) is 17.8 Å². The summed E-state index contributed by atoms with van der Waals surface area (Å²) >= 11 is 0. The lowest BCUT2D eigenvalue weighted by atomic mass is 10.2. The Kier molecular flexibility index (Phi) is 5.93. The van der Waals surface area contributed by atoms with Gasteiger partial charge in [-0.1, -0.05) is 12.1 Å². The van der Waals surface area contributed by atoms with Gasteiger partial charge in [-0.15, -0.1) is 0 Å². The third-order valence-corrected chi connectivity index (χ3v) is 4.31. The SMILES string of the molecule is COCCn1c(CNC(=O)c2ccc(OC)c(OC)c2)nc2ccccc21. The summed E-state index contributed by atoms with van der Waals surface area (Å²) in [5.74, 6) is 1.66. The minimum atomic E-state index is -0.207. The number of nitrogens with one attached hydrogen (secondary N) is 1. The van der Waals surface area contributed by atoms with Crippen molar-refractivity contribution in [3.8, 4) is 11.5 Å². The standard InChI is InChI=1S/C20H23N3O4/c1-25-11-10-23-16-7-5-4-6-15(16)22-19(23)13-21-20(24)14-8-9-17(26-2)18(12-14)27-3/h4-9,12H,10-11,13H2,1-3H3,(H,21,24). The lowest BCUT2D eigenvalue weighted by Gasteiger charge is -2.11. The molecule has 0 aliphatic heterocycles. The number of hydrogen-bond donors (Lipinski definition) is 1. The highest BCUT2D eigenvalue weighted by atomic mass is 16.5. The van der Waals surface area contributed by atoms with E-state index in [-0.39, 0.29) is 5.91 Å². The maximum atomic E-state index is 12.6. The molecule has 0 unspecified atom stereocenters. The molecule has 3 aromatic rings. The minimum Gasteiger partial charge on any atom is -0.493 e. The molecule has 1 N–H and O–H groups in total. The van der Waals surface area contributed by atoms with E-state index in [2.05, 4.69) is 14.9 Å². The van der Waals surface area contributed by atoms with E-state index in [9.17, 15) is 4.79 Å². The van der Waals surface area contributed by atoms with Gasteiger partial charge in [-0.25, -0.2) is 4.98 Å². The van der Waals surface area contributed by atoms with Crippen molar-refractivity contribution in [1.29, 1.82) is 0 Å². The van der Waals surface area contributed by atoms with Crippen LogP contribution in [0.1, 0.15) is 16.2 Å². The van der Waals surface area contributed by atoms with E-state index in [4.69, 9.17) is 14.2 Å². The number of para-hydroxylation sites is 2. The average molecular weight is 369 g/mol. The zero-order valence-electron chi connectivity index (χ0n) is 15.7. The molecule has 0 radical (unpaired) electrons. The molecule has 0 bridgehead atoms. The lowest BCUT2D eigenvalue weighted by molar-refractivity contribution is 0.0949. The van der Waals surface area contributed by atoms with Gasteiger partial charge in [0.1, 0.15) is 5.82 Å². The molecular weight excluding hydrogens is 346 g/mol. The second-order valence-electron chi connectivity index (χ2n) is 5.91. The summed E-state index contributed by atoms with van der Waals surface area (Å²) in [6, 6.07) is 12.9. The van der Waals surface area contributed by atoms with Crippen molar-refractivity contribution in [3.05, 3.63) is 53.9 Å². The van der Waals surface area contributed by atoms with Gasteiger partial charge in [0.25, 0.3) is 5.91 Å². The van der Waals surface area contributed by atoms with Crippen molar-refractivity contribution in [1.82, 2.24) is 14.9 Å². The third-order valence-electron chi connectivity index (χ3n) is 4.31. The quantitative estimate of drug-likeness (QED) is 0.661. The van der Waals surface area contributed by atoms with E-state index in [1.54, 1.807) is 32.4 Å². The molecule has 7 nitrogen and oxygen atoms in total. The predicted octanol–water partition coefficient (Wildman–Crippen LogP) is 2.63. The highest BCUT2D eigenvalue weighted by molar-refractivity contribution is 5.94. The second kappa shape index (κ2) is 8.55. The van der Waals surface area contributed by atoms with Crippen LogP contribution in [0.3, 0.4) is 0 Å². The Bertz CT molecular complexity index is 936. The number of imidazole rings is 1. The van der Waals surface area contributed by atoms with Crippen LogP contribution in [-0.4, -0.2) is 43.4 Å². The molecule has 7 heteroatoms. The van der Waals surface area contributed by atoms with E-state index in [1.807, 2.05) is 24.3 Å². The molecular formula is C20H23N3O4. The van der Waals surface area contributed by atoms with Crippen molar-refractivity contribution >= 4 is 16.9 Å². The maximum Gasteiger partial charge on any atom is 0.251 e. The Morgan fingerprint density at radius 2 is 1.85 bits per heavy atom. The van der Waals surface area contributed by atoms with Crippen molar-refractivity contribution in [2.75, 3.05) is 27.9 Å². The van der Waals surface area contributed by atoms with Crippen LogP contribution in [0.2, 0.25) is 0 Å². The fourth-order valence-corrected chi connectivity index (χ4v) is 2.93. The highest BCUT2D eigenvalue weighted by Crippen LogP contribution is 2.27. The monoisotopic (exact) mass is 369 g/mol. The van der Waals surface area contributed by atoms with Gasteiger partial charge in [-0.3, -0.25) is 4.79 Å². The molecule has 27 heavy (non-hydrogen) atoms. The van der Waals surface area contributed by atoms with E-state index in [0.29, 0.717) is 36.8 Å². The van der Waals surface area contributed by atoms with Gasteiger partial charge >= 0.3 is 0 Å². The zero-order chi connectivity index (χ0) is 19.2. The Hall–Kier alpha value is -3.06. The van der Waals surface area contributed by atoms with E-state index in [1.165, 1.54) is 7.11 Å². The zero-order valence-corrected chi connectivity index (χ0v) is 15.7.